The van der Waals surface area contributed by atoms with Crippen LogP contribution in [0.1, 0.15) is 58.6 Å². The van der Waals surface area contributed by atoms with Crippen molar-refractivity contribution in [3.63, 3.8) is 0 Å². The Hall–Kier alpha value is -2.45. The van der Waals surface area contributed by atoms with Crippen LogP contribution in [0.15, 0.2) is 30.3 Å². The van der Waals surface area contributed by atoms with Crippen molar-refractivity contribution in [2.45, 2.75) is 57.0 Å². The fraction of sp³-hybridized carbons (Fsp3) is 0.462. The number of ether oxygens (including phenoxy) is 1. The molecule has 1 saturated heterocycles. The number of rotatable bonds is 8. The molecule has 2 N–H and O–H groups in total. The number of piperidine rings is 1. The molecule has 0 atom stereocenters. The summed E-state index contributed by atoms with van der Waals surface area (Å²) in [5.74, 6) is -4.12. The maximum atomic E-state index is 14.8. The van der Waals surface area contributed by atoms with E-state index in [1.54, 1.807) is 6.07 Å². The first-order valence-electron chi connectivity index (χ1n) is 12.5. The van der Waals surface area contributed by atoms with Crippen molar-refractivity contribution >= 4 is 45.1 Å². The first-order chi connectivity index (χ1) is 19.0. The highest BCUT2D eigenvalue weighted by Gasteiger charge is 2.38. The van der Waals surface area contributed by atoms with Crippen LogP contribution in [0, 0.1) is 5.82 Å². The molecule has 8 nitrogen and oxygen atoms in total. The average Bonchev–Trinajstić information content (AvgIpc) is 3.67. The zero-order valence-corrected chi connectivity index (χ0v) is 24.1. The van der Waals surface area contributed by atoms with Crippen LogP contribution in [0.25, 0.3) is 0 Å². The Morgan fingerprint density at radius 2 is 1.61 bits per heavy atom. The molecule has 2 aliphatic rings. The molecule has 1 heterocycles. The van der Waals surface area contributed by atoms with Crippen molar-refractivity contribution in [2.24, 2.45) is 0 Å². The number of likely N-dealkylation sites (tertiary alicyclic amines) is 1. The molecule has 2 aromatic rings. The number of amides is 1. The fourth-order valence-electron chi connectivity index (χ4n) is 4.32. The van der Waals surface area contributed by atoms with E-state index < -0.39 is 33.9 Å². The van der Waals surface area contributed by atoms with Crippen LogP contribution < -0.4 is 4.72 Å². The number of alkyl halides is 3. The summed E-state index contributed by atoms with van der Waals surface area (Å²) >= 11 is 12.1. The number of halogens is 6. The van der Waals surface area contributed by atoms with E-state index in [1.807, 2.05) is 16.9 Å². The zero-order valence-electron chi connectivity index (χ0n) is 21.8. The third-order valence-electron chi connectivity index (χ3n) is 6.35. The lowest BCUT2D eigenvalue weighted by atomic mass is 9.97. The molecule has 1 aliphatic carbocycles. The first kappa shape index (κ1) is 33.1. The average molecular weight is 643 g/mol. The van der Waals surface area contributed by atoms with Crippen molar-refractivity contribution in [2.75, 3.05) is 19.3 Å². The Morgan fingerprint density at radius 1 is 1.05 bits per heavy atom. The highest BCUT2D eigenvalue weighted by atomic mass is 35.5. The monoisotopic (exact) mass is 642 g/mol. The van der Waals surface area contributed by atoms with Crippen LogP contribution in [0.4, 0.5) is 17.6 Å². The highest BCUT2D eigenvalue weighted by molar-refractivity contribution is 7.89. The van der Waals surface area contributed by atoms with E-state index >= 15 is 0 Å². The van der Waals surface area contributed by atoms with Gasteiger partial charge in [0, 0.05) is 29.7 Å². The molecule has 4 rings (SSSR count). The molecule has 0 radical (unpaired) electrons. The van der Waals surface area contributed by atoms with Crippen LogP contribution in [-0.4, -0.2) is 61.9 Å². The van der Waals surface area contributed by atoms with Gasteiger partial charge in [0.1, 0.15) is 5.82 Å². The lowest BCUT2D eigenvalue weighted by molar-refractivity contribution is -0.192. The zero-order chi connectivity index (χ0) is 30.5. The number of carboxylic acid groups (broad SMARTS) is 1. The van der Waals surface area contributed by atoms with Gasteiger partial charge in [-0.3, -0.25) is 9.69 Å². The van der Waals surface area contributed by atoms with Crippen molar-refractivity contribution < 1.29 is 45.4 Å². The second-order valence-corrected chi connectivity index (χ2v) is 12.5. The van der Waals surface area contributed by atoms with E-state index in [4.69, 9.17) is 37.8 Å². The van der Waals surface area contributed by atoms with Gasteiger partial charge >= 0.3 is 12.1 Å². The van der Waals surface area contributed by atoms with Gasteiger partial charge < -0.3 is 9.84 Å². The molecule has 2 fully saturated rings. The number of carboxylic acids is 1. The minimum Gasteiger partial charge on any atom is -0.475 e. The lowest BCUT2D eigenvalue weighted by Gasteiger charge is -2.32. The third-order valence-corrected chi connectivity index (χ3v) is 7.34. The van der Waals surface area contributed by atoms with Gasteiger partial charge in [0.05, 0.1) is 24.5 Å². The smallest absolute Gasteiger partial charge is 0.475 e. The second-order valence-electron chi connectivity index (χ2n) is 9.88. The third kappa shape index (κ3) is 10.7. The standard InChI is InChI=1S/C24H27Cl2FN2O4S.C2HF3O2/c1-34(31,32)28-24(30)22-12-21(16-2-3-16)17(10-23(22)27)13-29-6-4-20(5-7-29)33-14-15-8-18(25)11-19(26)9-15;3-2(4,5)1(6)7/h8-12,16,20H,2-7,13-14H2,1H3,(H,28,30);(H,6,7). The first-order valence-corrected chi connectivity index (χ1v) is 15.1. The predicted molar refractivity (Wildman–Crippen MR) is 144 cm³/mol. The summed E-state index contributed by atoms with van der Waals surface area (Å²) in [7, 11) is -3.77. The molecule has 0 spiro atoms. The summed E-state index contributed by atoms with van der Waals surface area (Å²) in [4.78, 5) is 23.4. The maximum Gasteiger partial charge on any atom is 0.490 e. The predicted octanol–water partition coefficient (Wildman–Crippen LogP) is 5.51. The van der Waals surface area contributed by atoms with Gasteiger partial charge in [0.25, 0.3) is 5.91 Å². The molecule has 1 saturated carbocycles. The van der Waals surface area contributed by atoms with Crippen molar-refractivity contribution in [1.82, 2.24) is 9.62 Å². The van der Waals surface area contributed by atoms with Gasteiger partial charge in [-0.1, -0.05) is 23.2 Å². The molecular formula is C26H28Cl2F4N2O6S. The minimum atomic E-state index is -5.08. The van der Waals surface area contributed by atoms with E-state index in [0.29, 0.717) is 23.2 Å². The molecule has 0 bridgehead atoms. The molecule has 41 heavy (non-hydrogen) atoms. The molecule has 15 heteroatoms. The van der Waals surface area contributed by atoms with Gasteiger partial charge in [-0.2, -0.15) is 13.2 Å². The van der Waals surface area contributed by atoms with Gasteiger partial charge in [-0.15, -0.1) is 0 Å². The van der Waals surface area contributed by atoms with E-state index in [2.05, 4.69) is 4.90 Å². The van der Waals surface area contributed by atoms with Gasteiger partial charge in [-0.25, -0.2) is 22.3 Å². The van der Waals surface area contributed by atoms with Crippen molar-refractivity contribution in [3.05, 3.63) is 68.4 Å². The highest BCUT2D eigenvalue weighted by Crippen LogP contribution is 2.43. The Morgan fingerprint density at radius 3 is 2.10 bits per heavy atom. The van der Waals surface area contributed by atoms with E-state index in [-0.39, 0.29) is 17.6 Å². The van der Waals surface area contributed by atoms with E-state index in [0.717, 1.165) is 61.7 Å². The Bertz CT molecular complexity index is 1360. The van der Waals surface area contributed by atoms with Gasteiger partial charge in [0.15, 0.2) is 0 Å². The number of benzene rings is 2. The largest absolute Gasteiger partial charge is 0.490 e. The minimum absolute atomic E-state index is 0.121. The van der Waals surface area contributed by atoms with Crippen LogP contribution in [0.3, 0.4) is 0 Å². The van der Waals surface area contributed by atoms with Crippen LogP contribution in [0.5, 0.6) is 0 Å². The van der Waals surface area contributed by atoms with Crippen molar-refractivity contribution in [3.8, 4) is 0 Å². The Balaban J connectivity index is 0.000000587. The number of carbonyl (C=O) groups is 2. The molecule has 1 aliphatic heterocycles. The topological polar surface area (TPSA) is 113 Å². The summed E-state index contributed by atoms with van der Waals surface area (Å²) in [5, 5.41) is 8.29. The van der Waals surface area contributed by atoms with Crippen LogP contribution in [0.2, 0.25) is 10.0 Å². The number of sulfonamides is 1. The molecule has 1 amide bonds. The Labute approximate surface area is 244 Å². The second kappa shape index (κ2) is 13.7. The van der Waals surface area contributed by atoms with Crippen LogP contribution in [-0.2, 0) is 32.7 Å². The normalized spacial score (nSPS) is 16.6. The summed E-state index contributed by atoms with van der Waals surface area (Å²) in [6, 6.07) is 8.28. The lowest BCUT2D eigenvalue weighted by Crippen LogP contribution is -2.36. The SMILES string of the molecule is CS(=O)(=O)NC(=O)c1cc(C2CC2)c(CN2CCC(OCc3cc(Cl)cc(Cl)c3)CC2)cc1F.O=C(O)C(F)(F)F. The maximum absolute atomic E-state index is 14.8. The number of nitrogens with zero attached hydrogens (tertiary/aromatic N) is 1. The molecule has 226 valence electrons. The molecular weight excluding hydrogens is 615 g/mol. The van der Waals surface area contributed by atoms with E-state index in [9.17, 15) is 30.8 Å². The molecule has 2 aromatic carbocycles. The van der Waals surface area contributed by atoms with E-state index in [1.165, 1.54) is 12.1 Å². The van der Waals surface area contributed by atoms with Crippen molar-refractivity contribution in [1.29, 1.82) is 0 Å². The Kier molecular flexibility index (Phi) is 11.0. The molecule has 0 aromatic heterocycles. The summed E-state index contributed by atoms with van der Waals surface area (Å²) in [5.41, 5.74) is 2.48. The van der Waals surface area contributed by atoms with Gasteiger partial charge in [0.2, 0.25) is 10.0 Å². The summed E-state index contributed by atoms with van der Waals surface area (Å²) in [6.45, 7) is 2.64. The number of hydrogen-bond donors (Lipinski definition) is 2. The summed E-state index contributed by atoms with van der Waals surface area (Å²) in [6.07, 6.45) is -0.425. The fourth-order valence-corrected chi connectivity index (χ4v) is 5.34. The molecule has 0 unspecified atom stereocenters. The summed E-state index contributed by atoms with van der Waals surface area (Å²) < 4.78 is 77.2. The number of carbonyl (C=O) groups excluding carboxylic acids is 1. The van der Waals surface area contributed by atoms with Gasteiger partial charge in [-0.05, 0) is 78.6 Å². The van der Waals surface area contributed by atoms with Crippen LogP contribution >= 0.6 is 23.2 Å². The quantitative estimate of drug-likeness (QED) is 0.365. The number of nitrogens with one attached hydrogen (secondary N) is 1. The number of hydrogen-bond acceptors (Lipinski definition) is 6. The number of aliphatic carboxylic acids is 1.